The van der Waals surface area contributed by atoms with Gasteiger partial charge in [-0.1, -0.05) is 12.1 Å². The molecule has 6 heteroatoms. The van der Waals surface area contributed by atoms with Crippen LogP contribution in [0.4, 0.5) is 4.39 Å². The largest absolute Gasteiger partial charge is 0.355 e. The molecule has 4 nitrogen and oxygen atoms in total. The van der Waals surface area contributed by atoms with E-state index in [2.05, 4.69) is 10.6 Å². The summed E-state index contributed by atoms with van der Waals surface area (Å²) in [5.74, 6) is -0.271. The molecule has 2 aromatic rings. The predicted octanol–water partition coefficient (Wildman–Crippen LogP) is 2.59. The molecule has 0 radical (unpaired) electrons. The van der Waals surface area contributed by atoms with E-state index in [1.165, 1.54) is 23.9 Å². The molecule has 0 unspecified atom stereocenters. The molecule has 0 saturated heterocycles. The normalized spacial score (nSPS) is 10.2. The Morgan fingerprint density at radius 1 is 1.04 bits per heavy atom. The topological polar surface area (TPSA) is 58.2 Å². The van der Waals surface area contributed by atoms with Crippen LogP contribution in [0.2, 0.25) is 0 Å². The average Bonchev–Trinajstić information content (AvgIpc) is 2.59. The molecule has 2 N–H and O–H groups in total. The average molecular weight is 332 g/mol. The number of hydrogen-bond acceptors (Lipinski definition) is 3. The first-order chi connectivity index (χ1) is 11.1. The van der Waals surface area contributed by atoms with Crippen molar-refractivity contribution in [3.05, 3.63) is 65.5 Å². The lowest BCUT2D eigenvalue weighted by Gasteiger charge is -2.06. The Balaban J connectivity index is 1.77. The van der Waals surface area contributed by atoms with Gasteiger partial charge < -0.3 is 10.6 Å². The van der Waals surface area contributed by atoms with Gasteiger partial charge in [-0.05, 0) is 42.0 Å². The second kappa shape index (κ2) is 8.33. The van der Waals surface area contributed by atoms with Crippen molar-refractivity contribution in [1.29, 1.82) is 0 Å². The summed E-state index contributed by atoms with van der Waals surface area (Å²) in [5.41, 5.74) is 1.49. The molecule has 0 aliphatic heterocycles. The molecule has 2 amide bonds. The van der Waals surface area contributed by atoms with E-state index in [9.17, 15) is 14.0 Å². The Morgan fingerprint density at radius 3 is 2.30 bits per heavy atom. The Kier molecular flexibility index (Phi) is 6.17. The van der Waals surface area contributed by atoms with E-state index in [-0.39, 0.29) is 23.4 Å². The minimum atomic E-state index is -0.293. The molecule has 23 heavy (non-hydrogen) atoms. The molecule has 2 rings (SSSR count). The standard InChI is InChI=1S/C17H17FN2O2S/c1-19-17(22)13-4-2-12(3-5-13)10-20-16(21)11-23-15-8-6-14(18)7-9-15/h2-9H,10-11H2,1H3,(H,19,22)(H,20,21). The fourth-order valence-electron chi connectivity index (χ4n) is 1.85. The number of halogens is 1. The van der Waals surface area contributed by atoms with Crippen LogP contribution in [-0.2, 0) is 11.3 Å². The quantitative estimate of drug-likeness (QED) is 0.800. The highest BCUT2D eigenvalue weighted by Crippen LogP contribution is 2.17. The maximum Gasteiger partial charge on any atom is 0.251 e. The number of carbonyl (C=O) groups is 2. The van der Waals surface area contributed by atoms with Gasteiger partial charge in [-0.3, -0.25) is 9.59 Å². The third-order valence-electron chi connectivity index (χ3n) is 3.12. The summed E-state index contributed by atoms with van der Waals surface area (Å²) in [6.45, 7) is 0.400. The number of hydrogen-bond donors (Lipinski definition) is 2. The van der Waals surface area contributed by atoms with Gasteiger partial charge in [0.1, 0.15) is 5.82 Å². The molecule has 0 aliphatic carbocycles. The minimum absolute atomic E-state index is 0.102. The van der Waals surface area contributed by atoms with E-state index in [0.29, 0.717) is 12.1 Å². The lowest BCUT2D eigenvalue weighted by molar-refractivity contribution is -0.118. The predicted molar refractivity (Wildman–Crippen MR) is 88.8 cm³/mol. The minimum Gasteiger partial charge on any atom is -0.355 e. The zero-order valence-corrected chi connectivity index (χ0v) is 13.5. The van der Waals surface area contributed by atoms with Crippen molar-refractivity contribution < 1.29 is 14.0 Å². The first-order valence-electron chi connectivity index (χ1n) is 7.04. The van der Waals surface area contributed by atoms with Crippen molar-refractivity contribution in [3.8, 4) is 0 Å². The smallest absolute Gasteiger partial charge is 0.251 e. The van der Waals surface area contributed by atoms with Crippen LogP contribution in [0.3, 0.4) is 0 Å². The zero-order valence-electron chi connectivity index (χ0n) is 12.6. The first kappa shape index (κ1) is 17.0. The van der Waals surface area contributed by atoms with Crippen LogP contribution < -0.4 is 10.6 Å². The van der Waals surface area contributed by atoms with E-state index in [1.807, 2.05) is 0 Å². The molecule has 2 aromatic carbocycles. The van der Waals surface area contributed by atoms with E-state index in [1.54, 1.807) is 43.4 Å². The molecule has 0 atom stereocenters. The Labute approximate surface area is 138 Å². The van der Waals surface area contributed by atoms with Gasteiger partial charge in [0.25, 0.3) is 5.91 Å². The molecular formula is C17H17FN2O2S. The highest BCUT2D eigenvalue weighted by molar-refractivity contribution is 8.00. The van der Waals surface area contributed by atoms with Crippen LogP contribution in [-0.4, -0.2) is 24.6 Å². The lowest BCUT2D eigenvalue weighted by atomic mass is 10.1. The monoisotopic (exact) mass is 332 g/mol. The summed E-state index contributed by atoms with van der Waals surface area (Å²) in [6.07, 6.45) is 0. The SMILES string of the molecule is CNC(=O)c1ccc(CNC(=O)CSc2ccc(F)cc2)cc1. The Hall–Kier alpha value is -2.34. The maximum absolute atomic E-state index is 12.8. The highest BCUT2D eigenvalue weighted by Gasteiger charge is 2.05. The summed E-state index contributed by atoms with van der Waals surface area (Å²) in [6, 6.07) is 13.1. The fourth-order valence-corrected chi connectivity index (χ4v) is 2.58. The van der Waals surface area contributed by atoms with Gasteiger partial charge in [0.05, 0.1) is 5.75 Å². The van der Waals surface area contributed by atoms with E-state index >= 15 is 0 Å². The van der Waals surface area contributed by atoms with Crippen LogP contribution in [0.25, 0.3) is 0 Å². The van der Waals surface area contributed by atoms with Gasteiger partial charge in [-0.15, -0.1) is 11.8 Å². The summed E-state index contributed by atoms with van der Waals surface area (Å²) in [7, 11) is 1.58. The molecular weight excluding hydrogens is 315 g/mol. The van der Waals surface area contributed by atoms with Crippen LogP contribution in [0, 0.1) is 5.82 Å². The molecule has 0 saturated carbocycles. The third kappa shape index (κ3) is 5.41. The highest BCUT2D eigenvalue weighted by atomic mass is 32.2. The fraction of sp³-hybridized carbons (Fsp3) is 0.176. The number of thioether (sulfide) groups is 1. The van der Waals surface area contributed by atoms with Crippen LogP contribution in [0.1, 0.15) is 15.9 Å². The van der Waals surface area contributed by atoms with Crippen molar-refractivity contribution >= 4 is 23.6 Å². The van der Waals surface area contributed by atoms with Gasteiger partial charge in [0.15, 0.2) is 0 Å². The van der Waals surface area contributed by atoms with E-state index < -0.39 is 0 Å². The summed E-state index contributed by atoms with van der Waals surface area (Å²) < 4.78 is 12.8. The van der Waals surface area contributed by atoms with E-state index in [4.69, 9.17) is 0 Å². The molecule has 0 aliphatic rings. The van der Waals surface area contributed by atoms with Crippen molar-refractivity contribution in [2.75, 3.05) is 12.8 Å². The van der Waals surface area contributed by atoms with E-state index in [0.717, 1.165) is 10.5 Å². The second-order valence-electron chi connectivity index (χ2n) is 4.80. The molecule has 120 valence electrons. The van der Waals surface area contributed by atoms with Crippen molar-refractivity contribution in [3.63, 3.8) is 0 Å². The molecule has 0 heterocycles. The molecule has 0 spiro atoms. The van der Waals surface area contributed by atoms with Gasteiger partial charge in [-0.2, -0.15) is 0 Å². The second-order valence-corrected chi connectivity index (χ2v) is 5.84. The number of amides is 2. The van der Waals surface area contributed by atoms with Crippen molar-refractivity contribution in [1.82, 2.24) is 10.6 Å². The number of carbonyl (C=O) groups excluding carboxylic acids is 2. The molecule has 0 bridgehead atoms. The molecule has 0 fully saturated rings. The first-order valence-corrected chi connectivity index (χ1v) is 8.03. The van der Waals surface area contributed by atoms with Crippen LogP contribution in [0.15, 0.2) is 53.4 Å². The Morgan fingerprint density at radius 2 is 1.70 bits per heavy atom. The lowest BCUT2D eigenvalue weighted by Crippen LogP contribution is -2.24. The van der Waals surface area contributed by atoms with Crippen LogP contribution >= 0.6 is 11.8 Å². The van der Waals surface area contributed by atoms with Gasteiger partial charge in [0.2, 0.25) is 5.91 Å². The number of nitrogens with one attached hydrogen (secondary N) is 2. The van der Waals surface area contributed by atoms with Gasteiger partial charge in [0, 0.05) is 24.1 Å². The molecule has 0 aromatic heterocycles. The zero-order chi connectivity index (χ0) is 16.7. The Bertz CT molecular complexity index is 672. The third-order valence-corrected chi connectivity index (χ3v) is 4.13. The van der Waals surface area contributed by atoms with Gasteiger partial charge >= 0.3 is 0 Å². The van der Waals surface area contributed by atoms with Crippen molar-refractivity contribution in [2.45, 2.75) is 11.4 Å². The van der Waals surface area contributed by atoms with Crippen molar-refractivity contribution in [2.24, 2.45) is 0 Å². The summed E-state index contributed by atoms with van der Waals surface area (Å²) >= 11 is 1.35. The van der Waals surface area contributed by atoms with Gasteiger partial charge in [-0.25, -0.2) is 4.39 Å². The summed E-state index contributed by atoms with van der Waals surface area (Å²) in [4.78, 5) is 24.1. The van der Waals surface area contributed by atoms with Crippen LogP contribution in [0.5, 0.6) is 0 Å². The number of benzene rings is 2. The summed E-state index contributed by atoms with van der Waals surface area (Å²) in [5, 5.41) is 5.36. The maximum atomic E-state index is 12.8. The number of rotatable bonds is 6.